The zero-order valence-electron chi connectivity index (χ0n) is 8.91. The van der Waals surface area contributed by atoms with Crippen LogP contribution < -0.4 is 0 Å². The SMILES string of the molecule is C[Si](C)(C)C#Cc1cnn(CCO)c1. The summed E-state index contributed by atoms with van der Waals surface area (Å²) in [5.41, 5.74) is 4.20. The van der Waals surface area contributed by atoms with Gasteiger partial charge in [0.15, 0.2) is 0 Å². The highest BCUT2D eigenvalue weighted by atomic mass is 28.3. The third-order valence-corrected chi connectivity index (χ3v) is 2.42. The summed E-state index contributed by atoms with van der Waals surface area (Å²) in [5, 5.41) is 12.8. The van der Waals surface area contributed by atoms with Gasteiger partial charge in [0.2, 0.25) is 0 Å². The molecule has 1 aromatic rings. The molecule has 14 heavy (non-hydrogen) atoms. The Hall–Kier alpha value is -1.05. The van der Waals surface area contributed by atoms with E-state index in [-0.39, 0.29) is 6.61 Å². The largest absolute Gasteiger partial charge is 0.394 e. The van der Waals surface area contributed by atoms with Gasteiger partial charge in [-0.3, -0.25) is 4.68 Å². The number of aliphatic hydroxyl groups excluding tert-OH is 1. The maximum Gasteiger partial charge on any atom is 0.129 e. The molecule has 0 fully saturated rings. The number of nitrogens with zero attached hydrogens (tertiary/aromatic N) is 2. The van der Waals surface area contributed by atoms with Crippen LogP contribution in [0.3, 0.4) is 0 Å². The molecule has 4 heteroatoms. The minimum Gasteiger partial charge on any atom is -0.394 e. The third-order valence-electron chi connectivity index (χ3n) is 1.54. The van der Waals surface area contributed by atoms with Gasteiger partial charge in [-0.15, -0.1) is 5.54 Å². The zero-order valence-corrected chi connectivity index (χ0v) is 9.91. The Morgan fingerprint density at radius 1 is 1.50 bits per heavy atom. The fourth-order valence-electron chi connectivity index (χ4n) is 0.913. The Bertz CT molecular complexity index is 354. The van der Waals surface area contributed by atoms with Gasteiger partial charge in [-0.2, -0.15) is 5.10 Å². The molecular weight excluding hydrogens is 192 g/mol. The summed E-state index contributed by atoms with van der Waals surface area (Å²) in [4.78, 5) is 0. The Morgan fingerprint density at radius 3 is 2.79 bits per heavy atom. The van der Waals surface area contributed by atoms with Crippen molar-refractivity contribution in [1.82, 2.24) is 9.78 Å². The molecule has 0 saturated heterocycles. The van der Waals surface area contributed by atoms with Crippen molar-refractivity contribution in [3.63, 3.8) is 0 Å². The van der Waals surface area contributed by atoms with Crippen LogP contribution in [0.15, 0.2) is 12.4 Å². The lowest BCUT2D eigenvalue weighted by atomic mass is 10.4. The third kappa shape index (κ3) is 3.77. The van der Waals surface area contributed by atoms with Crippen LogP contribution in [0.25, 0.3) is 0 Å². The fraction of sp³-hybridized carbons (Fsp3) is 0.500. The first kappa shape index (κ1) is 11.0. The van der Waals surface area contributed by atoms with Crippen molar-refractivity contribution in [2.24, 2.45) is 0 Å². The van der Waals surface area contributed by atoms with Crippen LogP contribution in [0.2, 0.25) is 19.6 Å². The summed E-state index contributed by atoms with van der Waals surface area (Å²) in [6, 6.07) is 0. The zero-order chi connectivity index (χ0) is 10.6. The van der Waals surface area contributed by atoms with E-state index in [1.165, 1.54) is 0 Å². The quantitative estimate of drug-likeness (QED) is 0.584. The highest BCUT2D eigenvalue weighted by molar-refractivity contribution is 6.83. The molecule has 0 saturated carbocycles. The standard InChI is InChI=1S/C10H16N2OSi/c1-14(2,3)7-4-10-8-11-12(9-10)5-6-13/h8-9,13H,5-6H2,1-3H3. The van der Waals surface area contributed by atoms with Gasteiger partial charge in [0.1, 0.15) is 8.07 Å². The van der Waals surface area contributed by atoms with Crippen LogP contribution in [0.5, 0.6) is 0 Å². The fourth-order valence-corrected chi connectivity index (χ4v) is 1.43. The highest BCUT2D eigenvalue weighted by Crippen LogP contribution is 1.99. The van der Waals surface area contributed by atoms with Gasteiger partial charge in [-0.25, -0.2) is 0 Å². The van der Waals surface area contributed by atoms with Gasteiger partial charge in [0.25, 0.3) is 0 Å². The second-order valence-corrected chi connectivity index (χ2v) is 8.97. The molecule has 1 rings (SSSR count). The first-order chi connectivity index (χ1) is 6.51. The number of rotatable bonds is 2. The molecule has 76 valence electrons. The molecule has 1 heterocycles. The first-order valence-electron chi connectivity index (χ1n) is 4.68. The van der Waals surface area contributed by atoms with Crippen molar-refractivity contribution < 1.29 is 5.11 Å². The summed E-state index contributed by atoms with van der Waals surface area (Å²) in [7, 11) is -1.30. The number of hydrogen-bond acceptors (Lipinski definition) is 2. The van der Waals surface area contributed by atoms with E-state index in [0.29, 0.717) is 6.54 Å². The lowest BCUT2D eigenvalue weighted by Gasteiger charge is -2.02. The van der Waals surface area contributed by atoms with Gasteiger partial charge in [0.05, 0.1) is 24.9 Å². The Balaban J connectivity index is 2.71. The Morgan fingerprint density at radius 2 is 2.21 bits per heavy atom. The molecule has 0 spiro atoms. The maximum absolute atomic E-state index is 8.70. The van der Waals surface area contributed by atoms with E-state index in [4.69, 9.17) is 5.11 Å². The summed E-state index contributed by atoms with van der Waals surface area (Å²) in [6.07, 6.45) is 3.60. The van der Waals surface area contributed by atoms with E-state index in [2.05, 4.69) is 36.2 Å². The van der Waals surface area contributed by atoms with Crippen molar-refractivity contribution in [1.29, 1.82) is 0 Å². The van der Waals surface area contributed by atoms with Crippen molar-refractivity contribution in [2.45, 2.75) is 26.2 Å². The predicted octanol–water partition coefficient (Wildman–Crippen LogP) is 1.10. The molecule has 0 amide bonds. The molecule has 0 aliphatic carbocycles. The van der Waals surface area contributed by atoms with E-state index in [0.717, 1.165) is 5.56 Å². The average molecular weight is 208 g/mol. The average Bonchev–Trinajstić information content (AvgIpc) is 2.49. The molecule has 0 aliphatic heterocycles. The molecule has 1 N–H and O–H groups in total. The molecule has 0 bridgehead atoms. The van der Waals surface area contributed by atoms with Crippen LogP contribution in [-0.4, -0.2) is 29.6 Å². The van der Waals surface area contributed by atoms with E-state index < -0.39 is 8.07 Å². The minimum absolute atomic E-state index is 0.114. The summed E-state index contributed by atoms with van der Waals surface area (Å²) in [6.45, 7) is 7.27. The number of aromatic nitrogens is 2. The maximum atomic E-state index is 8.70. The summed E-state index contributed by atoms with van der Waals surface area (Å²) >= 11 is 0. The van der Waals surface area contributed by atoms with Crippen molar-refractivity contribution >= 4 is 8.07 Å². The van der Waals surface area contributed by atoms with Gasteiger partial charge in [-0.05, 0) is 0 Å². The first-order valence-corrected chi connectivity index (χ1v) is 8.18. The number of aliphatic hydroxyl groups is 1. The second kappa shape index (κ2) is 4.44. The molecule has 0 aliphatic rings. The van der Waals surface area contributed by atoms with Crippen molar-refractivity contribution in [3.05, 3.63) is 18.0 Å². The van der Waals surface area contributed by atoms with Crippen LogP contribution in [0, 0.1) is 11.5 Å². The summed E-state index contributed by atoms with van der Waals surface area (Å²) in [5.74, 6) is 3.11. The van der Waals surface area contributed by atoms with Crippen molar-refractivity contribution in [3.8, 4) is 11.5 Å². The highest BCUT2D eigenvalue weighted by Gasteiger charge is 2.07. The summed E-state index contributed by atoms with van der Waals surface area (Å²) < 4.78 is 1.70. The lowest BCUT2D eigenvalue weighted by molar-refractivity contribution is 0.269. The topological polar surface area (TPSA) is 38.0 Å². The smallest absolute Gasteiger partial charge is 0.129 e. The number of hydrogen-bond donors (Lipinski definition) is 1. The van der Waals surface area contributed by atoms with Crippen LogP contribution >= 0.6 is 0 Å². The van der Waals surface area contributed by atoms with Crippen LogP contribution in [0.4, 0.5) is 0 Å². The Kier molecular flexibility index (Phi) is 3.50. The molecule has 0 aromatic carbocycles. The minimum atomic E-state index is -1.30. The molecule has 0 atom stereocenters. The molecule has 3 nitrogen and oxygen atoms in total. The van der Waals surface area contributed by atoms with Gasteiger partial charge in [0, 0.05) is 6.20 Å². The van der Waals surface area contributed by atoms with E-state index in [9.17, 15) is 0 Å². The van der Waals surface area contributed by atoms with Gasteiger partial charge in [-0.1, -0.05) is 25.6 Å². The van der Waals surface area contributed by atoms with E-state index in [1.807, 2.05) is 6.20 Å². The lowest BCUT2D eigenvalue weighted by Crippen LogP contribution is -2.16. The van der Waals surface area contributed by atoms with Crippen LogP contribution in [0.1, 0.15) is 5.56 Å². The van der Waals surface area contributed by atoms with E-state index >= 15 is 0 Å². The van der Waals surface area contributed by atoms with Crippen molar-refractivity contribution in [2.75, 3.05) is 6.61 Å². The molecular formula is C10H16N2OSi. The predicted molar refractivity (Wildman–Crippen MR) is 59.5 cm³/mol. The monoisotopic (exact) mass is 208 g/mol. The molecule has 0 radical (unpaired) electrons. The van der Waals surface area contributed by atoms with Gasteiger partial charge < -0.3 is 5.11 Å². The van der Waals surface area contributed by atoms with Crippen LogP contribution in [-0.2, 0) is 6.54 Å². The van der Waals surface area contributed by atoms with Gasteiger partial charge >= 0.3 is 0 Å². The molecule has 1 aromatic heterocycles. The second-order valence-electron chi connectivity index (χ2n) is 4.22. The molecule has 0 unspecified atom stereocenters. The normalized spacial score (nSPS) is 10.9. The Labute approximate surface area is 85.8 Å². The van der Waals surface area contributed by atoms with E-state index in [1.54, 1.807) is 10.9 Å².